The fourth-order valence-electron chi connectivity index (χ4n) is 4.73. The second-order valence-corrected chi connectivity index (χ2v) is 9.11. The highest BCUT2D eigenvalue weighted by molar-refractivity contribution is 5.76. The van der Waals surface area contributed by atoms with Crippen molar-refractivity contribution in [2.24, 2.45) is 0 Å². The summed E-state index contributed by atoms with van der Waals surface area (Å²) in [4.78, 5) is 23.8. The van der Waals surface area contributed by atoms with Crippen LogP contribution >= 0.6 is 0 Å². The monoisotopic (exact) mass is 456 g/mol. The molecule has 2 saturated heterocycles. The molecule has 4 rings (SSSR count). The fourth-order valence-corrected chi connectivity index (χ4v) is 4.73. The fraction of sp³-hybridized carbons (Fsp3) is 0.560. The molecule has 1 aromatic heterocycles. The third kappa shape index (κ3) is 5.61. The number of anilines is 2. The zero-order valence-corrected chi connectivity index (χ0v) is 19.7. The molecule has 8 heteroatoms. The molecule has 0 spiro atoms. The van der Waals surface area contributed by atoms with Crippen molar-refractivity contribution in [2.45, 2.75) is 57.7 Å². The SMILES string of the molecule is COC1CCN(c2ncnc(N3CC[C@@H](Oc4ccc([C@H](C)CC(C)=O)cc4)C3)c2F)CC1. The summed E-state index contributed by atoms with van der Waals surface area (Å²) in [5.74, 6) is 1.51. The number of carbonyl (C=O) groups is 1. The predicted molar refractivity (Wildman–Crippen MR) is 126 cm³/mol. The minimum Gasteiger partial charge on any atom is -0.489 e. The molecule has 33 heavy (non-hydrogen) atoms. The van der Waals surface area contributed by atoms with Crippen LogP contribution in [0.15, 0.2) is 30.6 Å². The number of benzene rings is 1. The van der Waals surface area contributed by atoms with Crippen molar-refractivity contribution >= 4 is 17.4 Å². The Morgan fingerprint density at radius 1 is 1.06 bits per heavy atom. The first-order valence-electron chi connectivity index (χ1n) is 11.7. The van der Waals surface area contributed by atoms with Gasteiger partial charge >= 0.3 is 0 Å². The third-order valence-electron chi connectivity index (χ3n) is 6.62. The Bertz CT molecular complexity index is 947. The van der Waals surface area contributed by atoms with Gasteiger partial charge in [0.25, 0.3) is 0 Å². The molecular weight excluding hydrogens is 423 g/mol. The van der Waals surface area contributed by atoms with E-state index in [4.69, 9.17) is 9.47 Å². The summed E-state index contributed by atoms with van der Waals surface area (Å²) in [6.07, 6.45) is 4.69. The van der Waals surface area contributed by atoms with Crippen LogP contribution < -0.4 is 14.5 Å². The van der Waals surface area contributed by atoms with Crippen LogP contribution in [0.5, 0.6) is 5.75 Å². The van der Waals surface area contributed by atoms with E-state index in [1.54, 1.807) is 14.0 Å². The highest BCUT2D eigenvalue weighted by Gasteiger charge is 2.30. The number of hydrogen-bond acceptors (Lipinski definition) is 7. The number of carbonyl (C=O) groups excluding carboxylic acids is 1. The average Bonchev–Trinajstić information content (AvgIpc) is 3.27. The number of nitrogens with zero attached hydrogens (tertiary/aromatic N) is 4. The standard InChI is InChI=1S/C25H33FN4O3/c1-17(14-18(2)31)19-4-6-21(7-5-19)33-22-10-13-30(15-22)25-23(26)24(27-16-28-25)29-11-8-20(32-3)9-12-29/h4-7,16-17,20,22H,8-15H2,1-3H3/t17-,22-/m1/s1. The molecule has 2 aliphatic heterocycles. The van der Waals surface area contributed by atoms with Crippen molar-refractivity contribution in [3.8, 4) is 5.75 Å². The Morgan fingerprint density at radius 3 is 2.30 bits per heavy atom. The molecular formula is C25H33FN4O3. The van der Waals surface area contributed by atoms with E-state index in [2.05, 4.69) is 16.9 Å². The topological polar surface area (TPSA) is 67.8 Å². The maximum atomic E-state index is 15.3. The molecule has 2 fully saturated rings. The summed E-state index contributed by atoms with van der Waals surface area (Å²) in [5.41, 5.74) is 1.12. The molecule has 0 bridgehead atoms. The van der Waals surface area contributed by atoms with Crippen molar-refractivity contribution < 1.29 is 18.7 Å². The van der Waals surface area contributed by atoms with Gasteiger partial charge in [-0.3, -0.25) is 0 Å². The summed E-state index contributed by atoms with van der Waals surface area (Å²) in [6.45, 7) is 6.36. The highest BCUT2D eigenvalue weighted by Crippen LogP contribution is 2.30. The minimum absolute atomic E-state index is 0.0410. The molecule has 1 aromatic carbocycles. The van der Waals surface area contributed by atoms with E-state index in [0.717, 1.165) is 43.7 Å². The van der Waals surface area contributed by atoms with E-state index >= 15 is 4.39 Å². The van der Waals surface area contributed by atoms with E-state index in [-0.39, 0.29) is 29.7 Å². The third-order valence-corrected chi connectivity index (χ3v) is 6.62. The van der Waals surface area contributed by atoms with Gasteiger partial charge in [-0.15, -0.1) is 0 Å². The molecule has 0 saturated carbocycles. The van der Waals surface area contributed by atoms with Gasteiger partial charge in [0.15, 0.2) is 11.6 Å². The number of hydrogen-bond donors (Lipinski definition) is 0. The maximum Gasteiger partial charge on any atom is 0.208 e. The Labute approximate surface area is 194 Å². The normalized spacial score (nSPS) is 20.2. The molecule has 2 aromatic rings. The summed E-state index contributed by atoms with van der Waals surface area (Å²) >= 11 is 0. The molecule has 0 radical (unpaired) electrons. The molecule has 178 valence electrons. The van der Waals surface area contributed by atoms with Crippen LogP contribution in [0.1, 0.15) is 51.0 Å². The first kappa shape index (κ1) is 23.4. The van der Waals surface area contributed by atoms with E-state index in [9.17, 15) is 4.79 Å². The van der Waals surface area contributed by atoms with E-state index in [1.807, 2.05) is 34.1 Å². The number of ether oxygens (including phenoxy) is 2. The van der Waals surface area contributed by atoms with Gasteiger partial charge in [-0.05, 0) is 43.4 Å². The van der Waals surface area contributed by atoms with Gasteiger partial charge in [-0.25, -0.2) is 9.97 Å². The van der Waals surface area contributed by atoms with Crippen LogP contribution in [-0.4, -0.2) is 61.2 Å². The summed E-state index contributed by atoms with van der Waals surface area (Å²) in [5, 5.41) is 0. The average molecular weight is 457 g/mol. The lowest BCUT2D eigenvalue weighted by Gasteiger charge is -2.32. The number of aromatic nitrogens is 2. The Kier molecular flexibility index (Phi) is 7.42. The lowest BCUT2D eigenvalue weighted by Crippen LogP contribution is -2.38. The van der Waals surface area contributed by atoms with Crippen molar-refractivity contribution in [3.63, 3.8) is 0 Å². The molecule has 0 N–H and O–H groups in total. The molecule has 0 amide bonds. The number of piperidine rings is 1. The minimum atomic E-state index is -0.363. The quantitative estimate of drug-likeness (QED) is 0.595. The van der Waals surface area contributed by atoms with Crippen LogP contribution in [0.4, 0.5) is 16.0 Å². The van der Waals surface area contributed by atoms with Gasteiger partial charge in [0.1, 0.15) is 24.0 Å². The van der Waals surface area contributed by atoms with Crippen LogP contribution in [0.3, 0.4) is 0 Å². The van der Waals surface area contributed by atoms with Gasteiger partial charge in [0, 0.05) is 39.6 Å². The smallest absolute Gasteiger partial charge is 0.208 e. The molecule has 2 atom stereocenters. The Morgan fingerprint density at radius 2 is 1.67 bits per heavy atom. The van der Waals surface area contributed by atoms with E-state index < -0.39 is 0 Å². The number of ketones is 1. The number of Topliss-reactive ketones (excluding diaryl/α,β-unsaturated/α-hetero) is 1. The van der Waals surface area contributed by atoms with Crippen LogP contribution in [0.2, 0.25) is 0 Å². The first-order chi connectivity index (χ1) is 15.9. The first-order valence-corrected chi connectivity index (χ1v) is 11.7. The van der Waals surface area contributed by atoms with Crippen LogP contribution in [0, 0.1) is 5.82 Å². The zero-order chi connectivity index (χ0) is 23.4. The number of halogens is 1. The summed E-state index contributed by atoms with van der Waals surface area (Å²) in [6, 6.07) is 7.92. The molecule has 7 nitrogen and oxygen atoms in total. The van der Waals surface area contributed by atoms with Gasteiger partial charge in [-0.1, -0.05) is 19.1 Å². The zero-order valence-electron chi connectivity index (χ0n) is 19.7. The Hall–Kier alpha value is -2.74. The molecule has 0 aliphatic carbocycles. The van der Waals surface area contributed by atoms with Gasteiger partial charge < -0.3 is 24.1 Å². The molecule has 0 unspecified atom stereocenters. The van der Waals surface area contributed by atoms with Crippen molar-refractivity contribution in [2.75, 3.05) is 43.1 Å². The summed E-state index contributed by atoms with van der Waals surface area (Å²) in [7, 11) is 1.72. The molecule has 3 heterocycles. The highest BCUT2D eigenvalue weighted by atomic mass is 19.1. The largest absolute Gasteiger partial charge is 0.489 e. The van der Waals surface area contributed by atoms with Crippen molar-refractivity contribution in [1.82, 2.24) is 9.97 Å². The van der Waals surface area contributed by atoms with E-state index in [1.165, 1.54) is 6.33 Å². The van der Waals surface area contributed by atoms with Crippen LogP contribution in [0.25, 0.3) is 0 Å². The van der Waals surface area contributed by atoms with E-state index in [0.29, 0.717) is 31.1 Å². The molecule has 2 aliphatic rings. The lowest BCUT2D eigenvalue weighted by atomic mass is 9.96. The number of rotatable bonds is 8. The maximum absolute atomic E-state index is 15.3. The van der Waals surface area contributed by atoms with Crippen LogP contribution in [-0.2, 0) is 9.53 Å². The predicted octanol–water partition coefficient (Wildman–Crippen LogP) is 3.97. The lowest BCUT2D eigenvalue weighted by molar-refractivity contribution is -0.117. The van der Waals surface area contributed by atoms with Gasteiger partial charge in [0.05, 0.1) is 12.6 Å². The van der Waals surface area contributed by atoms with Gasteiger partial charge in [-0.2, -0.15) is 4.39 Å². The number of methoxy groups -OCH3 is 1. The second-order valence-electron chi connectivity index (χ2n) is 9.11. The van der Waals surface area contributed by atoms with Crippen molar-refractivity contribution in [1.29, 1.82) is 0 Å². The summed E-state index contributed by atoms with van der Waals surface area (Å²) < 4.78 is 26.9. The van der Waals surface area contributed by atoms with Gasteiger partial charge in [0.2, 0.25) is 5.82 Å². The second kappa shape index (κ2) is 10.5. The Balaban J connectivity index is 1.37. The van der Waals surface area contributed by atoms with Crippen molar-refractivity contribution in [3.05, 3.63) is 42.0 Å².